The first-order valence-corrected chi connectivity index (χ1v) is 7.87. The second-order valence-electron chi connectivity index (χ2n) is 5.49. The lowest BCUT2D eigenvalue weighted by Gasteiger charge is -2.10. The summed E-state index contributed by atoms with van der Waals surface area (Å²) in [5.74, 6) is 0.270. The lowest BCUT2D eigenvalue weighted by molar-refractivity contribution is -0.125. The van der Waals surface area contributed by atoms with Crippen LogP contribution in [0, 0.1) is 5.82 Å². The summed E-state index contributed by atoms with van der Waals surface area (Å²) in [6.45, 7) is 0.152. The number of oxime groups is 1. The van der Waals surface area contributed by atoms with Crippen molar-refractivity contribution in [2.45, 2.75) is 12.5 Å². The first-order chi connectivity index (χ1) is 12.1. The van der Waals surface area contributed by atoms with Crippen LogP contribution in [0.2, 0.25) is 5.02 Å². The lowest BCUT2D eigenvalue weighted by Crippen LogP contribution is -2.28. The molecule has 25 heavy (non-hydrogen) atoms. The standard InChI is InChI=1S/C17H12ClFN2O4/c18-10-2-1-3-11(19)16(10)12-7-15(25-21-12)17(22)20-9-4-5-13-14(6-9)24-8-23-13/h1-6,15H,7-8H2,(H,20,22)/t15-/m0/s1. The largest absolute Gasteiger partial charge is 0.454 e. The molecule has 0 bridgehead atoms. The van der Waals surface area contributed by atoms with E-state index in [-0.39, 0.29) is 23.8 Å². The maximum Gasteiger partial charge on any atom is 0.268 e. The van der Waals surface area contributed by atoms with Gasteiger partial charge in [0.15, 0.2) is 11.5 Å². The molecule has 0 aromatic heterocycles. The van der Waals surface area contributed by atoms with Crippen molar-refractivity contribution in [3.63, 3.8) is 0 Å². The van der Waals surface area contributed by atoms with E-state index in [9.17, 15) is 9.18 Å². The number of amides is 1. The van der Waals surface area contributed by atoms with Crippen LogP contribution in [0.5, 0.6) is 11.5 Å². The van der Waals surface area contributed by atoms with Crippen molar-refractivity contribution >= 4 is 28.9 Å². The number of hydrogen-bond donors (Lipinski definition) is 1. The van der Waals surface area contributed by atoms with Crippen LogP contribution in [0.1, 0.15) is 12.0 Å². The maximum atomic E-state index is 14.0. The molecular formula is C17H12ClFN2O4. The highest BCUT2D eigenvalue weighted by atomic mass is 35.5. The first kappa shape index (κ1) is 15.7. The van der Waals surface area contributed by atoms with Gasteiger partial charge in [-0.25, -0.2) is 4.39 Å². The minimum absolute atomic E-state index is 0.122. The molecule has 2 aromatic rings. The molecular weight excluding hydrogens is 351 g/mol. The minimum atomic E-state index is -0.865. The van der Waals surface area contributed by atoms with Crippen LogP contribution in [-0.2, 0) is 9.63 Å². The Bertz CT molecular complexity index is 867. The molecule has 0 unspecified atom stereocenters. The molecule has 1 amide bonds. The summed E-state index contributed by atoms with van der Waals surface area (Å²) in [5, 5.41) is 6.75. The predicted octanol–water partition coefficient (Wildman–Crippen LogP) is 3.34. The third-order valence-corrected chi connectivity index (χ3v) is 4.17. The zero-order chi connectivity index (χ0) is 17.4. The summed E-state index contributed by atoms with van der Waals surface area (Å²) in [4.78, 5) is 17.5. The van der Waals surface area contributed by atoms with Gasteiger partial charge in [0.25, 0.3) is 5.91 Å². The summed E-state index contributed by atoms with van der Waals surface area (Å²) in [6, 6.07) is 9.39. The Kier molecular flexibility index (Phi) is 3.93. The summed E-state index contributed by atoms with van der Waals surface area (Å²) >= 11 is 6.02. The lowest BCUT2D eigenvalue weighted by atomic mass is 10.0. The molecule has 2 aliphatic heterocycles. The molecule has 0 saturated heterocycles. The molecule has 1 atom stereocenters. The zero-order valence-electron chi connectivity index (χ0n) is 12.8. The second kappa shape index (κ2) is 6.25. The molecule has 6 nitrogen and oxygen atoms in total. The molecule has 2 aromatic carbocycles. The smallest absolute Gasteiger partial charge is 0.268 e. The number of nitrogens with one attached hydrogen (secondary N) is 1. The van der Waals surface area contributed by atoms with E-state index in [1.54, 1.807) is 24.3 Å². The average Bonchev–Trinajstić information content (AvgIpc) is 3.23. The molecule has 2 heterocycles. The number of nitrogens with zero attached hydrogens (tertiary/aromatic N) is 1. The van der Waals surface area contributed by atoms with E-state index >= 15 is 0 Å². The van der Waals surface area contributed by atoms with Crippen LogP contribution in [-0.4, -0.2) is 24.5 Å². The van der Waals surface area contributed by atoms with Gasteiger partial charge < -0.3 is 19.6 Å². The molecule has 0 spiro atoms. The number of hydrogen-bond acceptors (Lipinski definition) is 5. The Balaban J connectivity index is 1.45. The van der Waals surface area contributed by atoms with E-state index in [4.69, 9.17) is 25.9 Å². The van der Waals surface area contributed by atoms with Crippen molar-refractivity contribution in [1.82, 2.24) is 0 Å². The molecule has 4 rings (SSSR count). The normalized spacial score (nSPS) is 17.8. The van der Waals surface area contributed by atoms with Gasteiger partial charge in [0, 0.05) is 18.2 Å². The quantitative estimate of drug-likeness (QED) is 0.909. The second-order valence-corrected chi connectivity index (χ2v) is 5.90. The average molecular weight is 363 g/mol. The molecule has 0 saturated carbocycles. The summed E-state index contributed by atoms with van der Waals surface area (Å²) in [6.07, 6.45) is -0.743. The van der Waals surface area contributed by atoms with Crippen molar-refractivity contribution in [2.75, 3.05) is 12.1 Å². The minimum Gasteiger partial charge on any atom is -0.454 e. The third kappa shape index (κ3) is 2.98. The van der Waals surface area contributed by atoms with Crippen LogP contribution in [0.3, 0.4) is 0 Å². The third-order valence-electron chi connectivity index (χ3n) is 3.85. The number of carbonyl (C=O) groups is 1. The van der Waals surface area contributed by atoms with Crippen LogP contribution in [0.4, 0.5) is 10.1 Å². The molecule has 1 N–H and O–H groups in total. The summed E-state index contributed by atoms with van der Waals surface area (Å²) in [7, 11) is 0. The van der Waals surface area contributed by atoms with Crippen LogP contribution in [0.25, 0.3) is 0 Å². The van der Waals surface area contributed by atoms with E-state index in [0.717, 1.165) is 0 Å². The van der Waals surface area contributed by atoms with Crippen molar-refractivity contribution in [3.05, 3.63) is 52.8 Å². The van der Waals surface area contributed by atoms with Gasteiger partial charge in [0.05, 0.1) is 16.3 Å². The maximum absolute atomic E-state index is 14.0. The first-order valence-electron chi connectivity index (χ1n) is 7.49. The molecule has 128 valence electrons. The molecule has 8 heteroatoms. The highest BCUT2D eigenvalue weighted by molar-refractivity contribution is 6.34. The van der Waals surface area contributed by atoms with E-state index in [0.29, 0.717) is 22.9 Å². The van der Waals surface area contributed by atoms with Gasteiger partial charge in [0.2, 0.25) is 12.9 Å². The predicted molar refractivity (Wildman–Crippen MR) is 88.6 cm³/mol. The Hall–Kier alpha value is -2.80. The zero-order valence-corrected chi connectivity index (χ0v) is 13.5. The van der Waals surface area contributed by atoms with Gasteiger partial charge in [-0.1, -0.05) is 22.8 Å². The fraction of sp³-hybridized carbons (Fsp3) is 0.176. The van der Waals surface area contributed by atoms with Crippen molar-refractivity contribution in [2.24, 2.45) is 5.16 Å². The van der Waals surface area contributed by atoms with Gasteiger partial charge in [-0.3, -0.25) is 4.79 Å². The summed E-state index contributed by atoms with van der Waals surface area (Å²) in [5.41, 5.74) is 0.992. The number of halogens is 2. The van der Waals surface area contributed by atoms with Gasteiger partial charge in [0.1, 0.15) is 5.82 Å². The van der Waals surface area contributed by atoms with E-state index in [1.807, 2.05) is 0 Å². The Labute approximate surface area is 147 Å². The van der Waals surface area contributed by atoms with Crippen molar-refractivity contribution < 1.29 is 23.5 Å². The molecule has 0 fully saturated rings. The fourth-order valence-electron chi connectivity index (χ4n) is 2.64. The van der Waals surface area contributed by atoms with Crippen LogP contribution in [0.15, 0.2) is 41.6 Å². The monoisotopic (exact) mass is 362 g/mol. The fourth-order valence-corrected chi connectivity index (χ4v) is 2.91. The highest BCUT2D eigenvalue weighted by Gasteiger charge is 2.31. The van der Waals surface area contributed by atoms with Gasteiger partial charge in [-0.15, -0.1) is 0 Å². The SMILES string of the molecule is O=C(Nc1ccc2c(c1)OCO2)[C@@H]1CC(c2c(F)cccc2Cl)=NO1. The number of anilines is 1. The van der Waals surface area contributed by atoms with Crippen LogP contribution >= 0.6 is 11.6 Å². The highest BCUT2D eigenvalue weighted by Crippen LogP contribution is 2.34. The van der Waals surface area contributed by atoms with Gasteiger partial charge >= 0.3 is 0 Å². The number of fused-ring (bicyclic) bond motifs is 1. The Morgan fingerprint density at radius 1 is 1.24 bits per heavy atom. The number of rotatable bonds is 3. The molecule has 2 aliphatic rings. The van der Waals surface area contributed by atoms with Crippen molar-refractivity contribution in [3.8, 4) is 11.5 Å². The van der Waals surface area contributed by atoms with Gasteiger partial charge in [-0.05, 0) is 24.3 Å². The van der Waals surface area contributed by atoms with E-state index in [2.05, 4.69) is 10.5 Å². The van der Waals surface area contributed by atoms with E-state index < -0.39 is 17.8 Å². The molecule has 0 radical (unpaired) electrons. The van der Waals surface area contributed by atoms with Gasteiger partial charge in [-0.2, -0.15) is 0 Å². The van der Waals surface area contributed by atoms with E-state index in [1.165, 1.54) is 12.1 Å². The summed E-state index contributed by atoms with van der Waals surface area (Å²) < 4.78 is 24.4. The van der Waals surface area contributed by atoms with Crippen molar-refractivity contribution in [1.29, 1.82) is 0 Å². The number of carbonyl (C=O) groups excluding carboxylic acids is 1. The number of benzene rings is 2. The topological polar surface area (TPSA) is 69.2 Å². The Morgan fingerprint density at radius 3 is 2.92 bits per heavy atom. The number of ether oxygens (including phenoxy) is 2. The molecule has 0 aliphatic carbocycles. The Morgan fingerprint density at radius 2 is 2.08 bits per heavy atom. The van der Waals surface area contributed by atoms with Crippen LogP contribution < -0.4 is 14.8 Å².